The Balaban J connectivity index is 1.70. The van der Waals surface area contributed by atoms with Crippen LogP contribution in [0.4, 0.5) is 4.79 Å². The molecule has 31 heavy (non-hydrogen) atoms. The smallest absolute Gasteiger partial charge is 0.419 e. The predicted molar refractivity (Wildman–Crippen MR) is 119 cm³/mol. The summed E-state index contributed by atoms with van der Waals surface area (Å²) in [6.07, 6.45) is 5.06. The molecule has 4 rings (SSSR count). The van der Waals surface area contributed by atoms with Gasteiger partial charge in [0.05, 0.1) is 5.52 Å². The zero-order chi connectivity index (χ0) is 22.2. The number of fused-ring (bicyclic) bond motifs is 1. The second-order valence-electron chi connectivity index (χ2n) is 8.31. The van der Waals surface area contributed by atoms with Gasteiger partial charge in [0.1, 0.15) is 17.0 Å². The van der Waals surface area contributed by atoms with Gasteiger partial charge in [-0.1, -0.05) is 24.3 Å². The Hall–Kier alpha value is -3.13. The number of pyridine rings is 1. The molecule has 1 aliphatic heterocycles. The normalized spacial score (nSPS) is 18.9. The van der Waals surface area contributed by atoms with Gasteiger partial charge in [-0.2, -0.15) is 0 Å². The van der Waals surface area contributed by atoms with Crippen molar-refractivity contribution in [3.05, 3.63) is 66.1 Å². The molecular weight excluding hydrogens is 414 g/mol. The number of benzene rings is 1. The fourth-order valence-electron chi connectivity index (χ4n) is 3.67. The van der Waals surface area contributed by atoms with Crippen LogP contribution < -0.4 is 0 Å². The zero-order valence-corrected chi connectivity index (χ0v) is 18.3. The SMILES string of the molecule is CC(C)(C)OC(=O)n1cc(C(=O)C2CSC(c3cccnc3)N2C=O)c2ccccc21. The number of hydrogen-bond acceptors (Lipinski definition) is 6. The molecule has 1 aliphatic rings. The predicted octanol–water partition coefficient (Wildman–Crippen LogP) is 4.27. The molecule has 0 N–H and O–H groups in total. The standard InChI is InChI=1S/C23H23N3O4S/c1-23(2,3)30-22(29)25-12-17(16-8-4-5-9-18(16)25)20(28)19-13-31-21(26(19)14-27)15-7-6-10-24-11-15/h4-12,14,19,21H,13H2,1-3H3. The monoisotopic (exact) mass is 437 g/mol. The van der Waals surface area contributed by atoms with Crippen LogP contribution in [0.15, 0.2) is 55.0 Å². The Morgan fingerprint density at radius 1 is 1.19 bits per heavy atom. The minimum absolute atomic E-state index is 0.204. The number of amides is 1. The van der Waals surface area contributed by atoms with Crippen LogP contribution in [-0.4, -0.2) is 50.1 Å². The molecule has 1 aromatic carbocycles. The van der Waals surface area contributed by atoms with E-state index in [1.54, 1.807) is 51.4 Å². The molecule has 2 atom stereocenters. The number of carbonyl (C=O) groups excluding carboxylic acids is 3. The van der Waals surface area contributed by atoms with Gasteiger partial charge < -0.3 is 9.64 Å². The van der Waals surface area contributed by atoms with Crippen LogP contribution >= 0.6 is 11.8 Å². The lowest BCUT2D eigenvalue weighted by molar-refractivity contribution is -0.119. The van der Waals surface area contributed by atoms with E-state index < -0.39 is 17.7 Å². The summed E-state index contributed by atoms with van der Waals surface area (Å²) < 4.78 is 6.86. The van der Waals surface area contributed by atoms with Crippen molar-refractivity contribution in [1.82, 2.24) is 14.5 Å². The number of para-hydroxylation sites is 1. The van der Waals surface area contributed by atoms with Crippen LogP contribution in [0, 0.1) is 0 Å². The Morgan fingerprint density at radius 3 is 2.65 bits per heavy atom. The van der Waals surface area contributed by atoms with E-state index in [0.29, 0.717) is 28.6 Å². The summed E-state index contributed by atoms with van der Waals surface area (Å²) >= 11 is 1.52. The molecule has 8 heteroatoms. The second-order valence-corrected chi connectivity index (χ2v) is 9.43. The average molecular weight is 438 g/mol. The lowest BCUT2D eigenvalue weighted by atomic mass is 10.0. The molecule has 160 valence electrons. The molecule has 2 unspecified atom stereocenters. The van der Waals surface area contributed by atoms with E-state index in [1.807, 2.05) is 18.2 Å². The molecule has 0 aliphatic carbocycles. The fraction of sp³-hybridized carbons (Fsp3) is 0.304. The molecule has 1 fully saturated rings. The van der Waals surface area contributed by atoms with E-state index >= 15 is 0 Å². The summed E-state index contributed by atoms with van der Waals surface area (Å²) in [6.45, 7) is 5.37. The van der Waals surface area contributed by atoms with E-state index in [9.17, 15) is 14.4 Å². The maximum atomic E-state index is 13.5. The van der Waals surface area contributed by atoms with E-state index in [2.05, 4.69) is 4.98 Å². The minimum Gasteiger partial charge on any atom is -0.443 e. The van der Waals surface area contributed by atoms with E-state index in [1.165, 1.54) is 27.4 Å². The number of aromatic nitrogens is 2. The van der Waals surface area contributed by atoms with Crippen molar-refractivity contribution in [1.29, 1.82) is 0 Å². The summed E-state index contributed by atoms with van der Waals surface area (Å²) in [5.41, 5.74) is 1.18. The van der Waals surface area contributed by atoms with Gasteiger partial charge >= 0.3 is 6.09 Å². The maximum Gasteiger partial charge on any atom is 0.419 e. The molecule has 1 saturated heterocycles. The van der Waals surface area contributed by atoms with Gasteiger partial charge in [-0.25, -0.2) is 4.79 Å². The summed E-state index contributed by atoms with van der Waals surface area (Å²) in [7, 11) is 0. The first-order valence-corrected chi connectivity index (χ1v) is 11.0. The number of ketones is 1. The quantitative estimate of drug-likeness (QED) is 0.448. The maximum absolute atomic E-state index is 13.5. The third-order valence-corrected chi connectivity index (χ3v) is 6.34. The number of thioether (sulfide) groups is 1. The van der Waals surface area contributed by atoms with Crippen molar-refractivity contribution >= 4 is 41.0 Å². The van der Waals surface area contributed by atoms with Crippen molar-refractivity contribution in [3.63, 3.8) is 0 Å². The third kappa shape index (κ3) is 4.07. The number of hydrogen-bond donors (Lipinski definition) is 0. The first-order valence-electron chi connectivity index (χ1n) is 9.92. The fourth-order valence-corrected chi connectivity index (χ4v) is 5.05. The summed E-state index contributed by atoms with van der Waals surface area (Å²) in [4.78, 5) is 43.9. The number of Topliss-reactive ketones (excluding diaryl/α,β-unsaturated/α-hetero) is 1. The van der Waals surface area contributed by atoms with Crippen molar-refractivity contribution in [2.75, 3.05) is 5.75 Å². The lowest BCUT2D eigenvalue weighted by Crippen LogP contribution is -2.38. The molecule has 0 bridgehead atoms. The van der Waals surface area contributed by atoms with Gasteiger partial charge in [-0.3, -0.25) is 19.1 Å². The molecule has 1 amide bonds. The van der Waals surface area contributed by atoms with Gasteiger partial charge in [0.2, 0.25) is 6.41 Å². The molecule has 3 aromatic rings. The van der Waals surface area contributed by atoms with Gasteiger partial charge in [0.25, 0.3) is 0 Å². The van der Waals surface area contributed by atoms with Crippen molar-refractivity contribution in [2.45, 2.75) is 37.8 Å². The lowest BCUT2D eigenvalue weighted by Gasteiger charge is -2.24. The second kappa shape index (κ2) is 8.19. The van der Waals surface area contributed by atoms with Gasteiger partial charge in [0, 0.05) is 40.9 Å². The summed E-state index contributed by atoms with van der Waals surface area (Å²) in [5.74, 6) is 0.257. The number of nitrogens with zero attached hydrogens (tertiary/aromatic N) is 3. The largest absolute Gasteiger partial charge is 0.443 e. The number of carbonyl (C=O) groups is 3. The van der Waals surface area contributed by atoms with Crippen LogP contribution in [0.2, 0.25) is 0 Å². The number of ether oxygens (including phenoxy) is 1. The van der Waals surface area contributed by atoms with Crippen LogP contribution in [0.5, 0.6) is 0 Å². The molecule has 0 radical (unpaired) electrons. The highest BCUT2D eigenvalue weighted by atomic mass is 32.2. The Morgan fingerprint density at radius 2 is 1.97 bits per heavy atom. The zero-order valence-electron chi connectivity index (χ0n) is 17.5. The number of rotatable bonds is 4. The Bertz CT molecular complexity index is 1140. The highest BCUT2D eigenvalue weighted by molar-refractivity contribution is 7.99. The van der Waals surface area contributed by atoms with Crippen molar-refractivity contribution in [2.24, 2.45) is 0 Å². The van der Waals surface area contributed by atoms with Crippen LogP contribution in [0.1, 0.15) is 42.1 Å². The van der Waals surface area contributed by atoms with Crippen molar-refractivity contribution < 1.29 is 19.1 Å². The average Bonchev–Trinajstić information content (AvgIpc) is 3.34. The van der Waals surface area contributed by atoms with Crippen LogP contribution in [0.3, 0.4) is 0 Å². The summed E-state index contributed by atoms with van der Waals surface area (Å²) in [6, 6.07) is 10.3. The highest BCUT2D eigenvalue weighted by Gasteiger charge is 2.40. The van der Waals surface area contributed by atoms with Gasteiger partial charge in [-0.05, 0) is 32.9 Å². The molecule has 0 saturated carbocycles. The van der Waals surface area contributed by atoms with Crippen LogP contribution in [-0.2, 0) is 9.53 Å². The Labute approximate surface area is 184 Å². The molecule has 3 heterocycles. The Kier molecular flexibility index (Phi) is 5.58. The summed E-state index contributed by atoms with van der Waals surface area (Å²) in [5, 5.41) is 0.374. The van der Waals surface area contributed by atoms with Crippen LogP contribution in [0.25, 0.3) is 10.9 Å². The van der Waals surface area contributed by atoms with E-state index in [-0.39, 0.29) is 11.2 Å². The topological polar surface area (TPSA) is 81.5 Å². The molecule has 0 spiro atoms. The van der Waals surface area contributed by atoms with Crippen molar-refractivity contribution in [3.8, 4) is 0 Å². The van der Waals surface area contributed by atoms with E-state index in [0.717, 1.165) is 5.56 Å². The van der Waals surface area contributed by atoms with E-state index in [4.69, 9.17) is 4.74 Å². The third-order valence-electron chi connectivity index (χ3n) is 5.00. The first kappa shape index (κ1) is 21.1. The molecule has 7 nitrogen and oxygen atoms in total. The first-order chi connectivity index (χ1) is 14.8. The van der Waals surface area contributed by atoms with Gasteiger partial charge in [0.15, 0.2) is 5.78 Å². The minimum atomic E-state index is -0.667. The highest BCUT2D eigenvalue weighted by Crippen LogP contribution is 2.41. The molecule has 2 aromatic heterocycles. The van der Waals surface area contributed by atoms with Gasteiger partial charge in [-0.15, -0.1) is 11.8 Å². The molecular formula is C23H23N3O4S.